The number of aryl methyl sites for hydroxylation is 2. The van der Waals surface area contributed by atoms with Crippen molar-refractivity contribution in [2.24, 2.45) is 0 Å². The van der Waals surface area contributed by atoms with Crippen molar-refractivity contribution < 1.29 is 14.3 Å². The van der Waals surface area contributed by atoms with Crippen LogP contribution in [0.15, 0.2) is 41.3 Å². The molecule has 1 aromatic heterocycles. The molecule has 0 aliphatic heterocycles. The van der Waals surface area contributed by atoms with E-state index in [1.165, 1.54) is 28.7 Å². The first-order valence-electron chi connectivity index (χ1n) is 9.14. The van der Waals surface area contributed by atoms with Gasteiger partial charge in [-0.15, -0.1) is 11.8 Å². The number of nitrogens with zero attached hydrogens (tertiary/aromatic N) is 1. The number of fused-ring (bicyclic) bond motifs is 1. The lowest BCUT2D eigenvalue weighted by Gasteiger charge is -2.09. The molecule has 2 aromatic carbocycles. The standard InChI is InChI=1S/C21H23N3O3S2/c1-13-10-14(2)19-17(11-13)29-21(23-19)24-20(26)15-6-4-5-7-16(15)28-12-18(25)22-8-9-27-3/h4-7,10-11H,8-9,12H2,1-3H3,(H,22,25)(H,23,24,26). The highest BCUT2D eigenvalue weighted by molar-refractivity contribution is 8.00. The number of aromatic nitrogens is 1. The minimum Gasteiger partial charge on any atom is -0.383 e. The van der Waals surface area contributed by atoms with Gasteiger partial charge in [0.15, 0.2) is 5.13 Å². The lowest BCUT2D eigenvalue weighted by atomic mass is 10.1. The third-order valence-corrected chi connectivity index (χ3v) is 6.16. The molecule has 6 nitrogen and oxygen atoms in total. The molecule has 0 aliphatic carbocycles. The van der Waals surface area contributed by atoms with Gasteiger partial charge in [-0.3, -0.25) is 14.9 Å². The molecule has 29 heavy (non-hydrogen) atoms. The molecule has 0 spiro atoms. The Morgan fingerprint density at radius 3 is 2.79 bits per heavy atom. The third-order valence-electron chi connectivity index (χ3n) is 4.17. The molecule has 0 saturated heterocycles. The summed E-state index contributed by atoms with van der Waals surface area (Å²) in [6.45, 7) is 5.00. The largest absolute Gasteiger partial charge is 0.383 e. The lowest BCUT2D eigenvalue weighted by molar-refractivity contribution is -0.118. The lowest BCUT2D eigenvalue weighted by Crippen LogP contribution is -2.28. The maximum atomic E-state index is 12.8. The van der Waals surface area contributed by atoms with Crippen molar-refractivity contribution in [2.45, 2.75) is 18.7 Å². The normalized spacial score (nSPS) is 10.9. The summed E-state index contributed by atoms with van der Waals surface area (Å²) in [6.07, 6.45) is 0. The van der Waals surface area contributed by atoms with E-state index in [1.54, 1.807) is 13.2 Å². The molecule has 1 heterocycles. The second-order valence-corrected chi connectivity index (χ2v) is 8.58. The Morgan fingerprint density at radius 1 is 1.21 bits per heavy atom. The van der Waals surface area contributed by atoms with Crippen LogP contribution in [-0.4, -0.2) is 42.8 Å². The Balaban J connectivity index is 1.70. The van der Waals surface area contributed by atoms with Gasteiger partial charge in [-0.2, -0.15) is 0 Å². The molecule has 3 rings (SSSR count). The maximum absolute atomic E-state index is 12.8. The van der Waals surface area contributed by atoms with E-state index >= 15 is 0 Å². The first kappa shape index (κ1) is 21.3. The van der Waals surface area contributed by atoms with E-state index in [1.807, 2.05) is 32.0 Å². The quantitative estimate of drug-likeness (QED) is 0.418. The van der Waals surface area contributed by atoms with Crippen molar-refractivity contribution in [3.63, 3.8) is 0 Å². The molecule has 2 N–H and O–H groups in total. The molecule has 0 fully saturated rings. The highest BCUT2D eigenvalue weighted by Gasteiger charge is 2.15. The summed E-state index contributed by atoms with van der Waals surface area (Å²) < 4.78 is 5.97. The van der Waals surface area contributed by atoms with Crippen LogP contribution in [0.2, 0.25) is 0 Å². The molecule has 0 atom stereocenters. The van der Waals surface area contributed by atoms with Crippen LogP contribution < -0.4 is 10.6 Å². The van der Waals surface area contributed by atoms with Gasteiger partial charge >= 0.3 is 0 Å². The fourth-order valence-corrected chi connectivity index (χ4v) is 4.77. The van der Waals surface area contributed by atoms with Gasteiger partial charge in [0, 0.05) is 18.6 Å². The number of anilines is 1. The predicted octanol–water partition coefficient (Wildman–Crippen LogP) is 4.02. The monoisotopic (exact) mass is 429 g/mol. The number of benzene rings is 2. The number of hydrogen-bond donors (Lipinski definition) is 2. The smallest absolute Gasteiger partial charge is 0.258 e. The number of nitrogens with one attached hydrogen (secondary N) is 2. The maximum Gasteiger partial charge on any atom is 0.258 e. The van der Waals surface area contributed by atoms with E-state index in [0.29, 0.717) is 23.8 Å². The van der Waals surface area contributed by atoms with Crippen molar-refractivity contribution in [3.05, 3.63) is 53.1 Å². The van der Waals surface area contributed by atoms with Crippen molar-refractivity contribution in [1.82, 2.24) is 10.3 Å². The molecule has 0 radical (unpaired) electrons. The number of thioether (sulfide) groups is 1. The van der Waals surface area contributed by atoms with E-state index in [-0.39, 0.29) is 17.6 Å². The molecular formula is C21H23N3O3S2. The van der Waals surface area contributed by atoms with Gasteiger partial charge in [0.2, 0.25) is 5.91 Å². The number of carbonyl (C=O) groups excluding carboxylic acids is 2. The zero-order valence-electron chi connectivity index (χ0n) is 16.6. The second-order valence-electron chi connectivity index (χ2n) is 6.53. The Morgan fingerprint density at radius 2 is 2.00 bits per heavy atom. The summed E-state index contributed by atoms with van der Waals surface area (Å²) in [5.41, 5.74) is 3.69. The topological polar surface area (TPSA) is 80.3 Å². The van der Waals surface area contributed by atoms with Gasteiger partial charge < -0.3 is 10.1 Å². The van der Waals surface area contributed by atoms with Crippen LogP contribution >= 0.6 is 23.1 Å². The molecule has 0 saturated carbocycles. The molecular weight excluding hydrogens is 406 g/mol. The summed E-state index contributed by atoms with van der Waals surface area (Å²) in [6, 6.07) is 11.4. The minimum atomic E-state index is -0.235. The van der Waals surface area contributed by atoms with E-state index in [9.17, 15) is 9.59 Å². The van der Waals surface area contributed by atoms with Crippen LogP contribution in [0.1, 0.15) is 21.5 Å². The molecule has 3 aromatic rings. The SMILES string of the molecule is COCCNC(=O)CSc1ccccc1C(=O)Nc1nc2c(C)cc(C)cc2s1. The molecule has 2 amide bonds. The van der Waals surface area contributed by atoms with E-state index in [2.05, 4.69) is 27.8 Å². The minimum absolute atomic E-state index is 0.0979. The number of amides is 2. The van der Waals surface area contributed by atoms with Crippen LogP contribution in [0, 0.1) is 13.8 Å². The average Bonchev–Trinajstić information content (AvgIpc) is 3.09. The highest BCUT2D eigenvalue weighted by Crippen LogP contribution is 2.30. The summed E-state index contributed by atoms with van der Waals surface area (Å²) in [5.74, 6) is -0.103. The fourth-order valence-electron chi connectivity index (χ4n) is 2.86. The average molecular weight is 430 g/mol. The number of hydrogen-bond acceptors (Lipinski definition) is 6. The van der Waals surface area contributed by atoms with Gasteiger partial charge in [0.25, 0.3) is 5.91 Å². The van der Waals surface area contributed by atoms with Gasteiger partial charge in [-0.1, -0.05) is 29.5 Å². The van der Waals surface area contributed by atoms with Crippen LogP contribution in [0.4, 0.5) is 5.13 Å². The highest BCUT2D eigenvalue weighted by atomic mass is 32.2. The Bertz CT molecular complexity index is 1030. The van der Waals surface area contributed by atoms with E-state index < -0.39 is 0 Å². The summed E-state index contributed by atoms with van der Waals surface area (Å²) in [4.78, 5) is 30.1. The first-order valence-corrected chi connectivity index (χ1v) is 10.9. The second kappa shape index (κ2) is 9.87. The van der Waals surface area contributed by atoms with Crippen molar-refractivity contribution >= 4 is 50.3 Å². The van der Waals surface area contributed by atoms with Crippen molar-refractivity contribution in [1.29, 1.82) is 0 Å². The van der Waals surface area contributed by atoms with Crippen LogP contribution in [-0.2, 0) is 9.53 Å². The molecule has 8 heteroatoms. The molecule has 152 valence electrons. The Hall–Kier alpha value is -2.42. The molecule has 0 unspecified atom stereocenters. The number of thiazole rings is 1. The number of carbonyl (C=O) groups is 2. The van der Waals surface area contributed by atoms with Gasteiger partial charge in [-0.25, -0.2) is 4.98 Å². The summed E-state index contributed by atoms with van der Waals surface area (Å²) >= 11 is 2.79. The number of methoxy groups -OCH3 is 1. The molecule has 0 aliphatic rings. The van der Waals surface area contributed by atoms with Crippen LogP contribution in [0.25, 0.3) is 10.2 Å². The predicted molar refractivity (Wildman–Crippen MR) is 119 cm³/mol. The van der Waals surface area contributed by atoms with Crippen molar-refractivity contribution in [2.75, 3.05) is 31.3 Å². The van der Waals surface area contributed by atoms with E-state index in [4.69, 9.17) is 4.74 Å². The summed E-state index contributed by atoms with van der Waals surface area (Å²) in [5, 5.41) is 6.24. The van der Waals surface area contributed by atoms with Gasteiger partial charge in [0.1, 0.15) is 0 Å². The van der Waals surface area contributed by atoms with Gasteiger partial charge in [-0.05, 0) is 43.2 Å². The molecule has 0 bridgehead atoms. The first-order chi connectivity index (χ1) is 14.0. The third kappa shape index (κ3) is 5.56. The Kier molecular flexibility index (Phi) is 7.24. The zero-order valence-corrected chi connectivity index (χ0v) is 18.2. The zero-order chi connectivity index (χ0) is 20.8. The summed E-state index contributed by atoms with van der Waals surface area (Å²) in [7, 11) is 1.59. The van der Waals surface area contributed by atoms with Crippen LogP contribution in [0.3, 0.4) is 0 Å². The fraction of sp³-hybridized carbons (Fsp3) is 0.286. The van der Waals surface area contributed by atoms with Gasteiger partial charge in [0.05, 0.1) is 28.1 Å². The Labute approximate surface area is 178 Å². The van der Waals surface area contributed by atoms with E-state index in [0.717, 1.165) is 20.7 Å². The van der Waals surface area contributed by atoms with Crippen molar-refractivity contribution in [3.8, 4) is 0 Å². The number of rotatable bonds is 8. The van der Waals surface area contributed by atoms with Crippen LogP contribution in [0.5, 0.6) is 0 Å². The number of ether oxygens (including phenoxy) is 1.